The fraction of sp³-hybridized carbons (Fsp3) is 0.545. The molecule has 2 N–H and O–H groups in total. The van der Waals surface area contributed by atoms with Gasteiger partial charge in [0.25, 0.3) is 0 Å². The maximum Gasteiger partial charge on any atom is 0.317 e. The number of rotatable bonds is 0. The average molecular weight is 240 g/mol. The number of ether oxygens (including phenoxy) is 2. The van der Waals surface area contributed by atoms with E-state index < -0.39 is 23.8 Å². The third-order valence-corrected chi connectivity index (χ3v) is 3.74. The van der Waals surface area contributed by atoms with Gasteiger partial charge in [-0.15, -0.1) is 0 Å². The van der Waals surface area contributed by atoms with Crippen LogP contribution in [0.25, 0.3) is 0 Å². The second-order valence-corrected chi connectivity index (χ2v) is 4.52. The molecule has 17 heavy (non-hydrogen) atoms. The van der Waals surface area contributed by atoms with Crippen LogP contribution in [0.5, 0.6) is 0 Å². The molecule has 3 aliphatic rings. The smallest absolute Gasteiger partial charge is 0.317 e. The second-order valence-electron chi connectivity index (χ2n) is 4.52. The molecule has 1 aliphatic carbocycles. The summed E-state index contributed by atoms with van der Waals surface area (Å²) in [4.78, 5) is 34.3. The summed E-state index contributed by atoms with van der Waals surface area (Å²) < 4.78 is 9.53. The van der Waals surface area contributed by atoms with Crippen molar-refractivity contribution >= 4 is 17.9 Å². The van der Waals surface area contributed by atoms with E-state index in [1.807, 2.05) is 0 Å². The minimum Gasteiger partial charge on any atom is -0.431 e. The van der Waals surface area contributed by atoms with Crippen LogP contribution in [0.15, 0.2) is 12.3 Å². The normalized spacial score (nSPS) is 39.1. The third kappa shape index (κ3) is 1.48. The first-order valence-electron chi connectivity index (χ1n) is 5.24. The molecule has 92 valence electrons. The molecule has 2 saturated heterocycles. The van der Waals surface area contributed by atoms with Gasteiger partial charge in [0.1, 0.15) is 5.76 Å². The molecule has 2 heterocycles. The Labute approximate surface area is 96.9 Å². The molecule has 0 aromatic heterocycles. The standard InChI is InChI=1S/C11H10O5.H2O/c1-4-5-2-7-8(11(14)16-10(7)13)3-6(5)9(12)15-4;/h5-8H,1-3H2;1H2. The zero-order valence-electron chi connectivity index (χ0n) is 8.97. The first kappa shape index (κ1) is 11.8. The molecule has 0 spiro atoms. The molecular weight excluding hydrogens is 228 g/mol. The zero-order valence-corrected chi connectivity index (χ0v) is 8.97. The summed E-state index contributed by atoms with van der Waals surface area (Å²) >= 11 is 0. The fourth-order valence-corrected chi connectivity index (χ4v) is 2.87. The number of carbonyl (C=O) groups is 3. The monoisotopic (exact) mass is 240 g/mol. The summed E-state index contributed by atoms with van der Waals surface area (Å²) in [6.07, 6.45) is 0.780. The zero-order chi connectivity index (χ0) is 11.4. The molecule has 0 aromatic rings. The lowest BCUT2D eigenvalue weighted by Crippen LogP contribution is -2.33. The van der Waals surface area contributed by atoms with Gasteiger partial charge in [-0.3, -0.25) is 14.4 Å². The number of carbonyl (C=O) groups excluding carboxylic acids is 3. The van der Waals surface area contributed by atoms with Crippen molar-refractivity contribution in [3.63, 3.8) is 0 Å². The predicted molar refractivity (Wildman–Crippen MR) is 53.1 cm³/mol. The van der Waals surface area contributed by atoms with Gasteiger partial charge < -0.3 is 14.9 Å². The predicted octanol–water partition coefficient (Wildman–Crippen LogP) is -0.426. The van der Waals surface area contributed by atoms with Crippen molar-refractivity contribution in [3.8, 4) is 0 Å². The van der Waals surface area contributed by atoms with Crippen LogP contribution in [0.4, 0.5) is 0 Å². The van der Waals surface area contributed by atoms with E-state index in [1.54, 1.807) is 0 Å². The lowest BCUT2D eigenvalue weighted by molar-refractivity contribution is -0.153. The Bertz CT molecular complexity index is 350. The van der Waals surface area contributed by atoms with Crippen molar-refractivity contribution in [2.24, 2.45) is 23.7 Å². The van der Waals surface area contributed by atoms with Gasteiger partial charge in [0, 0.05) is 5.92 Å². The highest BCUT2D eigenvalue weighted by Crippen LogP contribution is 2.48. The van der Waals surface area contributed by atoms with Gasteiger partial charge in [0.15, 0.2) is 0 Å². The van der Waals surface area contributed by atoms with E-state index in [0.717, 1.165) is 0 Å². The highest BCUT2D eigenvalue weighted by molar-refractivity contribution is 5.97. The molecule has 6 nitrogen and oxygen atoms in total. The summed E-state index contributed by atoms with van der Waals surface area (Å²) in [5.74, 6) is -2.23. The van der Waals surface area contributed by atoms with E-state index >= 15 is 0 Å². The summed E-state index contributed by atoms with van der Waals surface area (Å²) in [6, 6.07) is 0. The van der Waals surface area contributed by atoms with Crippen molar-refractivity contribution in [3.05, 3.63) is 12.3 Å². The molecular formula is C11H12O6. The van der Waals surface area contributed by atoms with E-state index in [-0.39, 0.29) is 23.3 Å². The average Bonchev–Trinajstić information content (AvgIpc) is 2.67. The topological polar surface area (TPSA) is 101 Å². The van der Waals surface area contributed by atoms with Crippen molar-refractivity contribution in [1.29, 1.82) is 0 Å². The van der Waals surface area contributed by atoms with Crippen molar-refractivity contribution in [2.45, 2.75) is 12.8 Å². The van der Waals surface area contributed by atoms with Gasteiger partial charge in [-0.05, 0) is 12.8 Å². The largest absolute Gasteiger partial charge is 0.431 e. The lowest BCUT2D eigenvalue weighted by atomic mass is 9.70. The first-order valence-corrected chi connectivity index (χ1v) is 5.24. The van der Waals surface area contributed by atoms with Crippen molar-refractivity contribution in [1.82, 2.24) is 0 Å². The second kappa shape index (κ2) is 3.66. The van der Waals surface area contributed by atoms with Crippen molar-refractivity contribution in [2.75, 3.05) is 0 Å². The molecule has 0 amide bonds. The molecule has 0 bridgehead atoms. The Morgan fingerprint density at radius 3 is 1.82 bits per heavy atom. The van der Waals surface area contributed by atoms with Crippen LogP contribution in [0.2, 0.25) is 0 Å². The maximum absolute atomic E-state index is 11.5. The molecule has 1 saturated carbocycles. The molecule has 3 rings (SSSR count). The highest BCUT2D eigenvalue weighted by Gasteiger charge is 2.55. The Morgan fingerprint density at radius 2 is 1.24 bits per heavy atom. The number of allylic oxidation sites excluding steroid dienone is 1. The molecule has 4 atom stereocenters. The van der Waals surface area contributed by atoms with E-state index in [4.69, 9.17) is 4.74 Å². The van der Waals surface area contributed by atoms with Gasteiger partial charge in [0.2, 0.25) is 0 Å². The van der Waals surface area contributed by atoms with Crippen LogP contribution < -0.4 is 0 Å². The molecule has 4 unspecified atom stereocenters. The van der Waals surface area contributed by atoms with Gasteiger partial charge in [-0.2, -0.15) is 0 Å². The number of hydrogen-bond donors (Lipinski definition) is 0. The molecule has 0 radical (unpaired) electrons. The van der Waals surface area contributed by atoms with Crippen LogP contribution in [-0.2, 0) is 23.9 Å². The molecule has 2 aliphatic heterocycles. The van der Waals surface area contributed by atoms with Crippen LogP contribution in [0.3, 0.4) is 0 Å². The highest BCUT2D eigenvalue weighted by atomic mass is 16.6. The Morgan fingerprint density at radius 1 is 0.824 bits per heavy atom. The third-order valence-electron chi connectivity index (χ3n) is 3.74. The van der Waals surface area contributed by atoms with E-state index in [2.05, 4.69) is 11.3 Å². The summed E-state index contributed by atoms with van der Waals surface area (Å²) in [5.41, 5.74) is 0. The molecule has 0 aromatic carbocycles. The van der Waals surface area contributed by atoms with Crippen LogP contribution >= 0.6 is 0 Å². The first-order chi connectivity index (χ1) is 7.58. The maximum atomic E-state index is 11.5. The minimum atomic E-state index is -0.501. The number of hydrogen-bond acceptors (Lipinski definition) is 5. The lowest BCUT2D eigenvalue weighted by Gasteiger charge is -2.27. The summed E-state index contributed by atoms with van der Waals surface area (Å²) in [5, 5.41) is 0. The molecule has 6 heteroatoms. The summed E-state index contributed by atoms with van der Waals surface area (Å²) in [6.45, 7) is 3.67. The number of esters is 3. The summed E-state index contributed by atoms with van der Waals surface area (Å²) in [7, 11) is 0. The minimum absolute atomic E-state index is 0. The molecule has 3 fully saturated rings. The Hall–Kier alpha value is -1.69. The van der Waals surface area contributed by atoms with Gasteiger partial charge >= 0.3 is 17.9 Å². The van der Waals surface area contributed by atoms with Crippen LogP contribution in [-0.4, -0.2) is 23.4 Å². The quantitative estimate of drug-likeness (QED) is 0.422. The van der Waals surface area contributed by atoms with Crippen LogP contribution in [0.1, 0.15) is 12.8 Å². The van der Waals surface area contributed by atoms with Gasteiger partial charge in [-0.25, -0.2) is 0 Å². The van der Waals surface area contributed by atoms with Crippen molar-refractivity contribution < 1.29 is 29.3 Å². The van der Waals surface area contributed by atoms with E-state index in [9.17, 15) is 14.4 Å². The number of cyclic esters (lactones) is 3. The van der Waals surface area contributed by atoms with E-state index in [1.165, 1.54) is 0 Å². The number of fused-ring (bicyclic) bond motifs is 2. The Balaban J connectivity index is 0.00000108. The van der Waals surface area contributed by atoms with E-state index in [0.29, 0.717) is 18.6 Å². The van der Waals surface area contributed by atoms with Gasteiger partial charge in [0.05, 0.1) is 17.8 Å². The fourth-order valence-electron chi connectivity index (χ4n) is 2.87. The Kier molecular flexibility index (Phi) is 2.54. The van der Waals surface area contributed by atoms with Crippen LogP contribution in [0, 0.1) is 23.7 Å². The van der Waals surface area contributed by atoms with Gasteiger partial charge in [-0.1, -0.05) is 6.58 Å². The SMILES string of the molecule is C=C1OC(=O)C2CC3C(=O)OC(=O)C3CC12.O.